The Bertz CT molecular complexity index is 552. The average molecular weight is 263 g/mol. The third kappa shape index (κ3) is 3.29. The van der Waals surface area contributed by atoms with Crippen molar-refractivity contribution in [1.29, 1.82) is 0 Å². The number of carbonyl (C=O) groups excluding carboxylic acids is 1. The van der Waals surface area contributed by atoms with Crippen molar-refractivity contribution in [3.8, 4) is 10.4 Å². The first-order valence-electron chi connectivity index (χ1n) is 5.19. The summed E-state index contributed by atoms with van der Waals surface area (Å²) in [4.78, 5) is 12.8. The summed E-state index contributed by atoms with van der Waals surface area (Å²) in [5.41, 5.74) is 2.44. The van der Waals surface area contributed by atoms with E-state index in [1.54, 1.807) is 17.4 Å². The van der Waals surface area contributed by atoms with E-state index in [1.807, 2.05) is 12.1 Å². The highest BCUT2D eigenvalue weighted by molar-refractivity contribution is 7.16. The molecule has 0 atom stereocenters. The lowest BCUT2D eigenvalue weighted by Gasteiger charge is -1.97. The van der Waals surface area contributed by atoms with Gasteiger partial charge in [-0.25, -0.2) is 0 Å². The van der Waals surface area contributed by atoms with Crippen LogP contribution in [0.2, 0.25) is 0 Å². The second-order valence-electron chi connectivity index (χ2n) is 3.71. The molecule has 0 aliphatic heterocycles. The lowest BCUT2D eigenvalue weighted by molar-refractivity contribution is -0.107. The smallest absolute Gasteiger partial charge is 0.245 e. The molecule has 3 heteroatoms. The normalized spacial score (nSPS) is 10.9. The van der Waals surface area contributed by atoms with Gasteiger partial charge in [-0.1, -0.05) is 29.8 Å². The Morgan fingerprint density at radius 3 is 2.53 bits per heavy atom. The van der Waals surface area contributed by atoms with Crippen LogP contribution in [0.5, 0.6) is 0 Å². The molecule has 1 heterocycles. The van der Waals surface area contributed by atoms with Crippen LogP contribution in [0.15, 0.2) is 42.5 Å². The van der Waals surface area contributed by atoms with Crippen LogP contribution in [0.4, 0.5) is 0 Å². The standard InChI is InChI=1S/C14H11ClOS/c1-10-2-4-11(5-3-10)13-8-6-12(17-13)7-9-14(15)16/h2-9H,1H3/b9-7+. The van der Waals surface area contributed by atoms with Gasteiger partial charge >= 0.3 is 0 Å². The molecule has 0 amide bonds. The highest BCUT2D eigenvalue weighted by Gasteiger charge is 2.00. The lowest BCUT2D eigenvalue weighted by Crippen LogP contribution is -1.73. The topological polar surface area (TPSA) is 17.1 Å². The van der Waals surface area contributed by atoms with E-state index in [0.717, 1.165) is 4.88 Å². The minimum absolute atomic E-state index is 0.449. The Kier molecular flexibility index (Phi) is 3.77. The third-order valence-electron chi connectivity index (χ3n) is 2.34. The van der Waals surface area contributed by atoms with Crippen LogP contribution in [-0.4, -0.2) is 5.24 Å². The Balaban J connectivity index is 2.23. The molecule has 17 heavy (non-hydrogen) atoms. The van der Waals surface area contributed by atoms with Gasteiger partial charge in [0.1, 0.15) is 0 Å². The van der Waals surface area contributed by atoms with Crippen molar-refractivity contribution in [3.05, 3.63) is 52.9 Å². The number of rotatable bonds is 3. The lowest BCUT2D eigenvalue weighted by atomic mass is 10.1. The summed E-state index contributed by atoms with van der Waals surface area (Å²) in [7, 11) is 0. The van der Waals surface area contributed by atoms with Gasteiger partial charge in [0.2, 0.25) is 5.24 Å². The zero-order valence-electron chi connectivity index (χ0n) is 9.31. The molecule has 0 saturated carbocycles. The quantitative estimate of drug-likeness (QED) is 0.588. The summed E-state index contributed by atoms with van der Waals surface area (Å²) in [5, 5.41) is -0.449. The number of benzene rings is 1. The van der Waals surface area contributed by atoms with Crippen LogP contribution in [0, 0.1) is 6.92 Å². The van der Waals surface area contributed by atoms with Crippen molar-refractivity contribution in [3.63, 3.8) is 0 Å². The fraction of sp³-hybridized carbons (Fsp3) is 0.0714. The predicted octanol–water partition coefficient (Wildman–Crippen LogP) is 4.50. The maximum atomic E-state index is 10.6. The van der Waals surface area contributed by atoms with Crippen molar-refractivity contribution >= 4 is 34.3 Å². The highest BCUT2D eigenvalue weighted by atomic mass is 35.5. The van der Waals surface area contributed by atoms with Gasteiger partial charge in [0, 0.05) is 9.75 Å². The van der Waals surface area contributed by atoms with Crippen molar-refractivity contribution in [2.45, 2.75) is 6.92 Å². The first kappa shape index (κ1) is 12.1. The molecule has 0 radical (unpaired) electrons. The number of carbonyl (C=O) groups is 1. The number of halogens is 1. The van der Waals surface area contributed by atoms with E-state index < -0.39 is 5.24 Å². The van der Waals surface area contributed by atoms with Crippen LogP contribution in [-0.2, 0) is 4.79 Å². The first-order valence-corrected chi connectivity index (χ1v) is 6.39. The summed E-state index contributed by atoms with van der Waals surface area (Å²) < 4.78 is 0. The molecule has 1 aromatic heterocycles. The molecule has 0 saturated heterocycles. The van der Waals surface area contributed by atoms with Gasteiger partial charge in [-0.3, -0.25) is 4.79 Å². The fourth-order valence-corrected chi connectivity index (χ4v) is 2.44. The average Bonchev–Trinajstić information content (AvgIpc) is 2.76. The summed E-state index contributed by atoms with van der Waals surface area (Å²) in [6, 6.07) is 12.4. The molecule has 0 aliphatic carbocycles. The van der Waals surface area contributed by atoms with Crippen molar-refractivity contribution < 1.29 is 4.79 Å². The van der Waals surface area contributed by atoms with E-state index in [2.05, 4.69) is 31.2 Å². The van der Waals surface area contributed by atoms with Crippen molar-refractivity contribution in [2.24, 2.45) is 0 Å². The van der Waals surface area contributed by atoms with Crippen LogP contribution in [0.1, 0.15) is 10.4 Å². The Morgan fingerprint density at radius 2 is 1.88 bits per heavy atom. The van der Waals surface area contributed by atoms with Crippen molar-refractivity contribution in [2.75, 3.05) is 0 Å². The Hall–Kier alpha value is -1.38. The maximum Gasteiger partial charge on any atom is 0.245 e. The van der Waals surface area contributed by atoms with E-state index in [1.165, 1.54) is 22.1 Å². The molecule has 0 bridgehead atoms. The number of hydrogen-bond acceptors (Lipinski definition) is 2. The number of hydrogen-bond donors (Lipinski definition) is 0. The first-order chi connectivity index (χ1) is 8.15. The van der Waals surface area contributed by atoms with Gasteiger partial charge in [0.25, 0.3) is 0 Å². The van der Waals surface area contributed by atoms with E-state index in [9.17, 15) is 4.79 Å². The van der Waals surface area contributed by atoms with Crippen molar-refractivity contribution in [1.82, 2.24) is 0 Å². The molecule has 0 spiro atoms. The zero-order chi connectivity index (χ0) is 12.3. The predicted molar refractivity (Wildman–Crippen MR) is 74.4 cm³/mol. The maximum absolute atomic E-state index is 10.6. The van der Waals surface area contributed by atoms with Crippen LogP contribution < -0.4 is 0 Å². The minimum atomic E-state index is -0.449. The summed E-state index contributed by atoms with van der Waals surface area (Å²) in [6.45, 7) is 2.07. The molecular weight excluding hydrogens is 252 g/mol. The summed E-state index contributed by atoms with van der Waals surface area (Å²) >= 11 is 6.88. The van der Waals surface area contributed by atoms with E-state index in [0.29, 0.717) is 0 Å². The second kappa shape index (κ2) is 5.30. The van der Waals surface area contributed by atoms with Gasteiger partial charge in [0.15, 0.2) is 0 Å². The number of allylic oxidation sites excluding steroid dienone is 1. The largest absolute Gasteiger partial charge is 0.276 e. The number of thiophene rings is 1. The molecule has 0 aliphatic rings. The summed E-state index contributed by atoms with van der Waals surface area (Å²) in [6.07, 6.45) is 3.10. The fourth-order valence-electron chi connectivity index (χ4n) is 1.46. The van der Waals surface area contributed by atoms with E-state index >= 15 is 0 Å². The Morgan fingerprint density at radius 1 is 1.18 bits per heavy atom. The molecule has 86 valence electrons. The van der Waals surface area contributed by atoms with Gasteiger partial charge in [-0.15, -0.1) is 11.3 Å². The minimum Gasteiger partial charge on any atom is -0.276 e. The third-order valence-corrected chi connectivity index (χ3v) is 3.57. The van der Waals surface area contributed by atoms with Crippen LogP contribution in [0.3, 0.4) is 0 Å². The molecule has 0 N–H and O–H groups in total. The van der Waals surface area contributed by atoms with Crippen LogP contribution in [0.25, 0.3) is 16.5 Å². The van der Waals surface area contributed by atoms with Crippen LogP contribution >= 0.6 is 22.9 Å². The molecule has 2 aromatic rings. The molecule has 0 fully saturated rings. The van der Waals surface area contributed by atoms with Gasteiger partial charge in [-0.2, -0.15) is 0 Å². The molecule has 1 aromatic carbocycles. The van der Waals surface area contributed by atoms with E-state index in [-0.39, 0.29) is 0 Å². The Labute approximate surface area is 109 Å². The van der Waals surface area contributed by atoms with Gasteiger partial charge < -0.3 is 0 Å². The van der Waals surface area contributed by atoms with Gasteiger partial charge in [-0.05, 0) is 48.4 Å². The summed E-state index contributed by atoms with van der Waals surface area (Å²) in [5.74, 6) is 0. The van der Waals surface area contributed by atoms with Gasteiger partial charge in [0.05, 0.1) is 0 Å². The molecular formula is C14H11ClOS. The highest BCUT2D eigenvalue weighted by Crippen LogP contribution is 2.28. The molecule has 2 rings (SSSR count). The SMILES string of the molecule is Cc1ccc(-c2ccc(/C=C/C(=O)Cl)s2)cc1. The second-order valence-corrected chi connectivity index (χ2v) is 5.19. The molecule has 0 unspecified atom stereocenters. The number of aryl methyl sites for hydroxylation is 1. The van der Waals surface area contributed by atoms with E-state index in [4.69, 9.17) is 11.6 Å². The monoisotopic (exact) mass is 262 g/mol. The molecule has 1 nitrogen and oxygen atoms in total. The zero-order valence-corrected chi connectivity index (χ0v) is 10.9.